The van der Waals surface area contributed by atoms with E-state index < -0.39 is 0 Å². The molecule has 1 amide bonds. The van der Waals surface area contributed by atoms with Crippen molar-refractivity contribution in [3.05, 3.63) is 23.5 Å². The van der Waals surface area contributed by atoms with Gasteiger partial charge in [-0.15, -0.1) is 0 Å². The van der Waals surface area contributed by atoms with Gasteiger partial charge in [-0.05, 0) is 31.5 Å². The van der Waals surface area contributed by atoms with Crippen LogP contribution in [0.3, 0.4) is 0 Å². The van der Waals surface area contributed by atoms with Crippen molar-refractivity contribution in [3.8, 4) is 0 Å². The van der Waals surface area contributed by atoms with E-state index >= 15 is 0 Å². The van der Waals surface area contributed by atoms with Gasteiger partial charge in [-0.1, -0.05) is 6.92 Å². The first-order valence-corrected chi connectivity index (χ1v) is 6.19. The van der Waals surface area contributed by atoms with Crippen LogP contribution < -0.4 is 10.6 Å². The summed E-state index contributed by atoms with van der Waals surface area (Å²) in [5, 5.41) is 6.28. The third-order valence-electron chi connectivity index (χ3n) is 3.77. The zero-order chi connectivity index (χ0) is 12.4. The van der Waals surface area contributed by atoms with E-state index in [-0.39, 0.29) is 11.8 Å². The molecule has 0 saturated carbocycles. The zero-order valence-corrected chi connectivity index (χ0v) is 10.8. The molecule has 0 aliphatic carbocycles. The fraction of sp³-hybridized carbons (Fsp3) is 0.615. The van der Waals surface area contributed by atoms with Crippen molar-refractivity contribution in [2.24, 2.45) is 18.9 Å². The molecule has 2 rings (SSSR count). The Morgan fingerprint density at radius 2 is 2.29 bits per heavy atom. The molecule has 0 unspecified atom stereocenters. The van der Waals surface area contributed by atoms with Crippen LogP contribution in [0.4, 0.5) is 0 Å². The number of nitrogens with zero attached hydrogens (tertiary/aromatic N) is 1. The molecule has 1 aliphatic rings. The Kier molecular flexibility index (Phi) is 3.52. The lowest BCUT2D eigenvalue weighted by Gasteiger charge is -2.14. The van der Waals surface area contributed by atoms with Gasteiger partial charge < -0.3 is 15.2 Å². The molecule has 2 atom stereocenters. The lowest BCUT2D eigenvalue weighted by Crippen LogP contribution is -2.34. The summed E-state index contributed by atoms with van der Waals surface area (Å²) in [5.41, 5.74) is 2.36. The molecule has 0 bridgehead atoms. The average Bonchev–Trinajstić information content (AvgIpc) is 2.85. The average molecular weight is 235 g/mol. The number of hydrogen-bond donors (Lipinski definition) is 2. The smallest absolute Gasteiger partial charge is 0.225 e. The van der Waals surface area contributed by atoms with Crippen molar-refractivity contribution in [1.82, 2.24) is 15.2 Å². The number of hydrogen-bond acceptors (Lipinski definition) is 2. The monoisotopic (exact) mass is 235 g/mol. The van der Waals surface area contributed by atoms with E-state index in [1.54, 1.807) is 0 Å². The highest BCUT2D eigenvalue weighted by atomic mass is 16.1. The Hall–Kier alpha value is -1.29. The van der Waals surface area contributed by atoms with Crippen LogP contribution in [0.5, 0.6) is 0 Å². The second kappa shape index (κ2) is 4.92. The van der Waals surface area contributed by atoms with Gasteiger partial charge in [-0.25, -0.2) is 0 Å². The molecule has 2 heterocycles. The Bertz CT molecular complexity index is 411. The van der Waals surface area contributed by atoms with Crippen LogP contribution in [-0.2, 0) is 18.4 Å². The van der Waals surface area contributed by atoms with E-state index in [1.807, 2.05) is 7.05 Å². The summed E-state index contributed by atoms with van der Waals surface area (Å²) in [5.74, 6) is 0.725. The van der Waals surface area contributed by atoms with Gasteiger partial charge in [0.2, 0.25) is 5.91 Å². The standard InChI is InChI=1S/C13H21N3O/c1-9-6-14-8-12(9)13(17)15-7-11-5-4-10(2)16(11)3/h4-5,9,12,14H,6-8H2,1-3H3,(H,15,17)/t9-,12-/m1/s1. The third kappa shape index (κ3) is 2.52. The van der Waals surface area contributed by atoms with Crippen LogP contribution in [0.2, 0.25) is 0 Å². The van der Waals surface area contributed by atoms with Gasteiger partial charge in [0.25, 0.3) is 0 Å². The number of aryl methyl sites for hydroxylation is 1. The Morgan fingerprint density at radius 1 is 1.53 bits per heavy atom. The molecule has 17 heavy (non-hydrogen) atoms. The molecule has 1 fully saturated rings. The number of carbonyl (C=O) groups excluding carboxylic acids is 1. The maximum absolute atomic E-state index is 12.0. The maximum Gasteiger partial charge on any atom is 0.225 e. The number of nitrogens with one attached hydrogen (secondary N) is 2. The van der Waals surface area contributed by atoms with Gasteiger partial charge in [-0.2, -0.15) is 0 Å². The van der Waals surface area contributed by atoms with Crippen LogP contribution in [0.25, 0.3) is 0 Å². The van der Waals surface area contributed by atoms with Gasteiger partial charge in [0.05, 0.1) is 12.5 Å². The van der Waals surface area contributed by atoms with Crippen molar-refractivity contribution in [2.75, 3.05) is 13.1 Å². The topological polar surface area (TPSA) is 46.1 Å². The molecule has 1 aromatic rings. The van der Waals surface area contributed by atoms with E-state index in [9.17, 15) is 4.79 Å². The molecule has 1 aliphatic heterocycles. The van der Waals surface area contributed by atoms with Gasteiger partial charge >= 0.3 is 0 Å². The van der Waals surface area contributed by atoms with Gasteiger partial charge in [0.1, 0.15) is 0 Å². The van der Waals surface area contributed by atoms with Crippen LogP contribution in [0, 0.1) is 18.8 Å². The van der Waals surface area contributed by atoms with Crippen LogP contribution >= 0.6 is 0 Å². The fourth-order valence-electron chi connectivity index (χ4n) is 2.31. The molecule has 0 spiro atoms. The summed E-state index contributed by atoms with van der Waals surface area (Å²) in [6.07, 6.45) is 0. The van der Waals surface area contributed by atoms with Gasteiger partial charge in [0, 0.05) is 25.0 Å². The maximum atomic E-state index is 12.0. The highest BCUT2D eigenvalue weighted by molar-refractivity contribution is 5.79. The van der Waals surface area contributed by atoms with Crippen molar-refractivity contribution >= 4 is 5.91 Å². The molecular formula is C13H21N3O. The first-order chi connectivity index (χ1) is 8.09. The van der Waals surface area contributed by atoms with E-state index in [1.165, 1.54) is 5.69 Å². The molecule has 0 radical (unpaired) electrons. The number of amides is 1. The Balaban J connectivity index is 1.90. The highest BCUT2D eigenvalue weighted by Crippen LogP contribution is 2.16. The Labute approximate surface area is 102 Å². The molecule has 1 aromatic heterocycles. The second-order valence-electron chi connectivity index (χ2n) is 4.98. The largest absolute Gasteiger partial charge is 0.350 e. The van der Waals surface area contributed by atoms with Crippen molar-refractivity contribution in [2.45, 2.75) is 20.4 Å². The minimum atomic E-state index is 0.122. The quantitative estimate of drug-likeness (QED) is 0.814. The first kappa shape index (κ1) is 12.2. The van der Waals surface area contributed by atoms with Crippen LogP contribution in [0.1, 0.15) is 18.3 Å². The van der Waals surface area contributed by atoms with E-state index in [2.05, 4.69) is 41.2 Å². The van der Waals surface area contributed by atoms with E-state index in [4.69, 9.17) is 0 Å². The molecular weight excluding hydrogens is 214 g/mol. The van der Waals surface area contributed by atoms with E-state index in [0.29, 0.717) is 12.5 Å². The minimum absolute atomic E-state index is 0.122. The normalized spacial score (nSPS) is 23.9. The van der Waals surface area contributed by atoms with Crippen molar-refractivity contribution in [3.63, 3.8) is 0 Å². The van der Waals surface area contributed by atoms with Crippen molar-refractivity contribution in [1.29, 1.82) is 0 Å². The summed E-state index contributed by atoms with van der Waals surface area (Å²) in [6.45, 7) is 6.55. The van der Waals surface area contributed by atoms with E-state index in [0.717, 1.165) is 18.8 Å². The molecule has 1 saturated heterocycles. The first-order valence-electron chi connectivity index (χ1n) is 6.19. The minimum Gasteiger partial charge on any atom is -0.350 e. The van der Waals surface area contributed by atoms with Gasteiger partial charge in [0.15, 0.2) is 0 Å². The molecule has 4 heteroatoms. The number of carbonyl (C=O) groups is 1. The predicted molar refractivity (Wildman–Crippen MR) is 67.5 cm³/mol. The summed E-state index contributed by atoms with van der Waals surface area (Å²) in [6, 6.07) is 4.13. The molecule has 0 aromatic carbocycles. The molecule has 94 valence electrons. The lowest BCUT2D eigenvalue weighted by molar-refractivity contribution is -0.125. The number of rotatable bonds is 3. The fourth-order valence-corrected chi connectivity index (χ4v) is 2.31. The highest BCUT2D eigenvalue weighted by Gasteiger charge is 2.29. The molecule has 4 nitrogen and oxygen atoms in total. The van der Waals surface area contributed by atoms with Crippen LogP contribution in [0.15, 0.2) is 12.1 Å². The predicted octanol–water partition coefficient (Wildman–Crippen LogP) is 0.805. The second-order valence-corrected chi connectivity index (χ2v) is 4.98. The zero-order valence-electron chi connectivity index (χ0n) is 10.8. The summed E-state index contributed by atoms with van der Waals surface area (Å²) in [7, 11) is 2.02. The van der Waals surface area contributed by atoms with Crippen LogP contribution in [-0.4, -0.2) is 23.6 Å². The summed E-state index contributed by atoms with van der Waals surface area (Å²) < 4.78 is 2.11. The Morgan fingerprint density at radius 3 is 2.82 bits per heavy atom. The summed E-state index contributed by atoms with van der Waals surface area (Å²) in [4.78, 5) is 12.0. The summed E-state index contributed by atoms with van der Waals surface area (Å²) >= 11 is 0. The third-order valence-corrected chi connectivity index (χ3v) is 3.77. The SMILES string of the molecule is Cc1ccc(CNC(=O)[C@@H]2CNC[C@H]2C)n1C. The number of aromatic nitrogens is 1. The van der Waals surface area contributed by atoms with Gasteiger partial charge in [-0.3, -0.25) is 4.79 Å². The van der Waals surface area contributed by atoms with Crippen molar-refractivity contribution < 1.29 is 4.79 Å². The molecule has 2 N–H and O–H groups in total. The lowest BCUT2D eigenvalue weighted by atomic mass is 9.97.